The predicted molar refractivity (Wildman–Crippen MR) is 96.4 cm³/mol. The first kappa shape index (κ1) is 17.1. The predicted octanol–water partition coefficient (Wildman–Crippen LogP) is 3.42. The molecule has 3 heterocycles. The maximum Gasteiger partial charge on any atom is 0.228 e. The molecule has 130 valence electrons. The van der Waals surface area contributed by atoms with Crippen LogP contribution in [0, 0.1) is 6.92 Å². The molecule has 0 saturated carbocycles. The van der Waals surface area contributed by atoms with Crippen LogP contribution in [-0.4, -0.2) is 39.1 Å². The number of hydrogen-bond donors (Lipinski definition) is 1. The number of amides is 1. The Balaban J connectivity index is 1.63. The number of carbonyl (C=O) groups excluding carboxylic acids is 1. The summed E-state index contributed by atoms with van der Waals surface area (Å²) in [6.07, 6.45) is 2.53. The molecule has 0 aliphatic carbocycles. The molecule has 1 atom stereocenters. The van der Waals surface area contributed by atoms with Crippen LogP contribution >= 0.6 is 11.3 Å². The van der Waals surface area contributed by atoms with Crippen LogP contribution in [0.15, 0.2) is 11.4 Å². The summed E-state index contributed by atoms with van der Waals surface area (Å²) in [5, 5.41) is 10.5. The van der Waals surface area contributed by atoms with E-state index in [1.807, 2.05) is 17.2 Å². The molecular formula is C18H26N4OS. The van der Waals surface area contributed by atoms with Crippen LogP contribution in [0.3, 0.4) is 0 Å². The molecule has 1 aliphatic heterocycles. The van der Waals surface area contributed by atoms with Gasteiger partial charge in [0.2, 0.25) is 5.91 Å². The molecule has 0 radical (unpaired) electrons. The number of aryl methyl sites for hydroxylation is 1. The molecular weight excluding hydrogens is 320 g/mol. The maximum absolute atomic E-state index is 12.7. The Morgan fingerprint density at radius 2 is 2.25 bits per heavy atom. The fraction of sp³-hybridized carbons (Fsp3) is 0.611. The standard InChI is InChI=1S/C18H26N4OS/c1-12-8-15(21-20-12)13-6-5-7-22(10-13)16(23)9-14-11-24-17(19-14)18(2,3)4/h8,11,13H,5-7,9-10H2,1-4H3,(H,20,21)/t13-/m0/s1. The van der Waals surface area contributed by atoms with Gasteiger partial charge in [-0.05, 0) is 25.8 Å². The van der Waals surface area contributed by atoms with Crippen molar-refractivity contribution in [3.8, 4) is 0 Å². The van der Waals surface area contributed by atoms with Crippen molar-refractivity contribution in [2.24, 2.45) is 0 Å². The molecule has 0 aromatic carbocycles. The number of nitrogens with zero attached hydrogens (tertiary/aromatic N) is 3. The van der Waals surface area contributed by atoms with Gasteiger partial charge in [0.05, 0.1) is 22.8 Å². The van der Waals surface area contributed by atoms with Crippen LogP contribution in [0.2, 0.25) is 0 Å². The van der Waals surface area contributed by atoms with Crippen molar-refractivity contribution in [1.29, 1.82) is 0 Å². The normalized spacial score (nSPS) is 18.8. The number of nitrogens with one attached hydrogen (secondary N) is 1. The number of carbonyl (C=O) groups is 1. The topological polar surface area (TPSA) is 61.9 Å². The zero-order valence-electron chi connectivity index (χ0n) is 14.9. The summed E-state index contributed by atoms with van der Waals surface area (Å²) in [6, 6.07) is 2.09. The molecule has 6 heteroatoms. The van der Waals surface area contributed by atoms with E-state index in [0.717, 1.165) is 48.0 Å². The van der Waals surface area contributed by atoms with E-state index in [9.17, 15) is 4.79 Å². The van der Waals surface area contributed by atoms with Gasteiger partial charge in [0.1, 0.15) is 0 Å². The molecule has 1 saturated heterocycles. The summed E-state index contributed by atoms with van der Waals surface area (Å²) < 4.78 is 0. The van der Waals surface area contributed by atoms with Crippen molar-refractivity contribution < 1.29 is 4.79 Å². The van der Waals surface area contributed by atoms with Crippen LogP contribution in [0.1, 0.15) is 61.6 Å². The van der Waals surface area contributed by atoms with E-state index in [2.05, 4.69) is 42.0 Å². The first-order valence-corrected chi connectivity index (χ1v) is 9.45. The van der Waals surface area contributed by atoms with Gasteiger partial charge in [-0.2, -0.15) is 5.10 Å². The van der Waals surface area contributed by atoms with E-state index < -0.39 is 0 Å². The van der Waals surface area contributed by atoms with E-state index in [1.165, 1.54) is 0 Å². The van der Waals surface area contributed by atoms with E-state index in [-0.39, 0.29) is 11.3 Å². The lowest BCUT2D eigenvalue weighted by atomic mass is 9.94. The Hall–Kier alpha value is -1.69. The summed E-state index contributed by atoms with van der Waals surface area (Å²) in [4.78, 5) is 19.3. The van der Waals surface area contributed by atoms with E-state index in [4.69, 9.17) is 0 Å². The van der Waals surface area contributed by atoms with Crippen molar-refractivity contribution in [3.63, 3.8) is 0 Å². The maximum atomic E-state index is 12.7. The van der Waals surface area contributed by atoms with Crippen molar-refractivity contribution in [1.82, 2.24) is 20.1 Å². The lowest BCUT2D eigenvalue weighted by Crippen LogP contribution is -2.40. The third-order valence-corrected chi connectivity index (χ3v) is 5.76. The van der Waals surface area contributed by atoms with Gasteiger partial charge < -0.3 is 4.90 Å². The molecule has 2 aromatic heterocycles. The van der Waals surface area contributed by atoms with Crippen LogP contribution < -0.4 is 0 Å². The molecule has 3 rings (SSSR count). The fourth-order valence-corrected chi connectivity index (χ4v) is 4.00. The smallest absolute Gasteiger partial charge is 0.228 e. The van der Waals surface area contributed by atoms with Crippen molar-refractivity contribution in [3.05, 3.63) is 33.5 Å². The summed E-state index contributed by atoms with van der Waals surface area (Å²) in [6.45, 7) is 10.1. The Morgan fingerprint density at radius 1 is 1.46 bits per heavy atom. The van der Waals surface area contributed by atoms with Gasteiger partial charge in [0.25, 0.3) is 0 Å². The zero-order valence-corrected chi connectivity index (χ0v) is 15.7. The second-order valence-electron chi connectivity index (χ2n) is 7.73. The highest BCUT2D eigenvalue weighted by Crippen LogP contribution is 2.28. The number of aromatic amines is 1. The molecule has 1 N–H and O–H groups in total. The molecule has 0 bridgehead atoms. The Labute approximate surface area is 147 Å². The van der Waals surface area contributed by atoms with E-state index >= 15 is 0 Å². The van der Waals surface area contributed by atoms with Gasteiger partial charge in [-0.3, -0.25) is 9.89 Å². The number of hydrogen-bond acceptors (Lipinski definition) is 4. The minimum absolute atomic E-state index is 0.0417. The molecule has 24 heavy (non-hydrogen) atoms. The third kappa shape index (κ3) is 3.86. The number of likely N-dealkylation sites (tertiary alicyclic amines) is 1. The van der Waals surface area contributed by atoms with Gasteiger partial charge in [-0.25, -0.2) is 4.98 Å². The number of piperidine rings is 1. The molecule has 0 unspecified atom stereocenters. The first-order chi connectivity index (χ1) is 11.3. The second kappa shape index (κ2) is 6.67. The van der Waals surface area contributed by atoms with Crippen molar-refractivity contribution in [2.45, 2.75) is 58.3 Å². The fourth-order valence-electron chi connectivity index (χ4n) is 3.09. The van der Waals surface area contributed by atoms with Gasteiger partial charge in [-0.15, -0.1) is 11.3 Å². The number of H-pyrrole nitrogens is 1. The van der Waals surface area contributed by atoms with Crippen LogP contribution in [0.5, 0.6) is 0 Å². The van der Waals surface area contributed by atoms with E-state index in [0.29, 0.717) is 12.3 Å². The van der Waals surface area contributed by atoms with Gasteiger partial charge in [0, 0.05) is 35.5 Å². The molecule has 2 aromatic rings. The van der Waals surface area contributed by atoms with Crippen LogP contribution in [0.25, 0.3) is 0 Å². The SMILES string of the molecule is Cc1cc([C@H]2CCCN(C(=O)Cc3csc(C(C)(C)C)n3)C2)n[nH]1. The van der Waals surface area contributed by atoms with Crippen LogP contribution in [0.4, 0.5) is 0 Å². The first-order valence-electron chi connectivity index (χ1n) is 8.57. The average Bonchev–Trinajstić information content (AvgIpc) is 3.16. The Morgan fingerprint density at radius 3 is 2.88 bits per heavy atom. The van der Waals surface area contributed by atoms with E-state index in [1.54, 1.807) is 11.3 Å². The summed E-state index contributed by atoms with van der Waals surface area (Å²) in [5.74, 6) is 0.519. The largest absolute Gasteiger partial charge is 0.342 e. The minimum Gasteiger partial charge on any atom is -0.342 e. The summed E-state index contributed by atoms with van der Waals surface area (Å²) in [5.41, 5.74) is 3.09. The monoisotopic (exact) mass is 346 g/mol. The highest BCUT2D eigenvalue weighted by molar-refractivity contribution is 7.09. The van der Waals surface area contributed by atoms with Crippen molar-refractivity contribution >= 4 is 17.2 Å². The van der Waals surface area contributed by atoms with Crippen molar-refractivity contribution in [2.75, 3.05) is 13.1 Å². The Kier molecular flexibility index (Phi) is 4.76. The van der Waals surface area contributed by atoms with Gasteiger partial charge in [-0.1, -0.05) is 20.8 Å². The summed E-state index contributed by atoms with van der Waals surface area (Å²) in [7, 11) is 0. The number of aromatic nitrogens is 3. The van der Waals surface area contributed by atoms with Crippen LogP contribution in [-0.2, 0) is 16.6 Å². The highest BCUT2D eigenvalue weighted by atomic mass is 32.1. The lowest BCUT2D eigenvalue weighted by Gasteiger charge is -2.32. The van der Waals surface area contributed by atoms with Gasteiger partial charge >= 0.3 is 0 Å². The highest BCUT2D eigenvalue weighted by Gasteiger charge is 2.27. The second-order valence-corrected chi connectivity index (χ2v) is 8.58. The molecule has 5 nitrogen and oxygen atoms in total. The lowest BCUT2D eigenvalue weighted by molar-refractivity contribution is -0.131. The molecule has 1 aliphatic rings. The number of thiazole rings is 1. The average molecular weight is 347 g/mol. The molecule has 0 spiro atoms. The summed E-state index contributed by atoms with van der Waals surface area (Å²) >= 11 is 1.65. The number of rotatable bonds is 3. The Bertz CT molecular complexity index is 713. The quantitative estimate of drug-likeness (QED) is 0.926. The molecule has 1 fully saturated rings. The minimum atomic E-state index is 0.0417. The van der Waals surface area contributed by atoms with Gasteiger partial charge in [0.15, 0.2) is 0 Å². The third-order valence-electron chi connectivity index (χ3n) is 4.44. The zero-order chi connectivity index (χ0) is 17.3. The molecule has 1 amide bonds.